The molecule has 230 valence electrons. The average Bonchev–Trinajstić information content (AvgIpc) is 3.62. The van der Waals surface area contributed by atoms with Crippen LogP contribution in [0.3, 0.4) is 0 Å². The zero-order valence-corrected chi connectivity index (χ0v) is 24.9. The van der Waals surface area contributed by atoms with E-state index < -0.39 is 27.0 Å². The normalized spacial score (nSPS) is 12.4. The summed E-state index contributed by atoms with van der Waals surface area (Å²) in [6.07, 6.45) is 7.40. The number of hydrogen-bond donors (Lipinski definition) is 1. The third kappa shape index (κ3) is 9.82. The lowest BCUT2D eigenvalue weighted by Gasteiger charge is -2.11. The van der Waals surface area contributed by atoms with Crippen LogP contribution in [0.5, 0.6) is 5.75 Å². The maximum atomic E-state index is 12.7. The zero-order valence-electron chi connectivity index (χ0n) is 24.0. The van der Waals surface area contributed by atoms with Gasteiger partial charge in [0.15, 0.2) is 0 Å². The smallest absolute Gasteiger partial charge is 0.416 e. The number of rotatable bonds is 15. The maximum Gasteiger partial charge on any atom is 0.416 e. The van der Waals surface area contributed by atoms with Gasteiger partial charge >= 0.3 is 6.18 Å². The van der Waals surface area contributed by atoms with Crippen molar-refractivity contribution in [3.63, 3.8) is 0 Å². The lowest BCUT2D eigenvalue weighted by molar-refractivity contribution is -0.137. The van der Waals surface area contributed by atoms with Gasteiger partial charge in [-0.1, -0.05) is 24.3 Å². The number of alkyl halides is 3. The molecular weight excluding hydrogens is 581 g/mol. The highest BCUT2D eigenvalue weighted by atomic mass is 32.2. The molecule has 0 fully saturated rings. The first-order chi connectivity index (χ1) is 20.5. The number of nitrogens with one attached hydrogen (secondary N) is 1. The predicted octanol–water partition coefficient (Wildman–Crippen LogP) is 6.53. The molecule has 0 aliphatic heterocycles. The highest BCUT2D eigenvalue weighted by Gasteiger charge is 2.29. The minimum atomic E-state index is -4.37. The Bertz CT molecular complexity index is 1580. The van der Waals surface area contributed by atoms with Gasteiger partial charge in [0, 0.05) is 38.0 Å². The van der Waals surface area contributed by atoms with E-state index >= 15 is 0 Å². The molecule has 2 aromatic carbocycles. The van der Waals surface area contributed by atoms with E-state index in [4.69, 9.17) is 9.15 Å². The van der Waals surface area contributed by atoms with Gasteiger partial charge in [0.1, 0.15) is 30.1 Å². The van der Waals surface area contributed by atoms with Crippen molar-refractivity contribution in [1.82, 2.24) is 19.3 Å². The molecule has 0 atom stereocenters. The van der Waals surface area contributed by atoms with Crippen LogP contribution in [0.1, 0.15) is 60.8 Å². The Morgan fingerprint density at radius 2 is 1.77 bits per heavy atom. The van der Waals surface area contributed by atoms with E-state index in [0.29, 0.717) is 35.9 Å². The summed E-state index contributed by atoms with van der Waals surface area (Å²) in [7, 11) is -3.28. The highest BCUT2D eigenvalue weighted by molar-refractivity contribution is 7.90. The Hall–Kier alpha value is -3.90. The van der Waals surface area contributed by atoms with Crippen molar-refractivity contribution in [1.29, 1.82) is 0 Å². The molecule has 4 aromatic rings. The van der Waals surface area contributed by atoms with E-state index in [1.54, 1.807) is 32.2 Å². The van der Waals surface area contributed by atoms with Crippen LogP contribution in [0.25, 0.3) is 12.2 Å². The number of oxazole rings is 1. The van der Waals surface area contributed by atoms with Crippen LogP contribution < -0.4 is 9.46 Å². The first kappa shape index (κ1) is 32.0. The first-order valence-corrected chi connectivity index (χ1v) is 15.5. The van der Waals surface area contributed by atoms with Gasteiger partial charge in [-0.25, -0.2) is 23.1 Å². The van der Waals surface area contributed by atoms with E-state index in [9.17, 15) is 21.6 Å². The van der Waals surface area contributed by atoms with Crippen molar-refractivity contribution < 1.29 is 30.7 Å². The van der Waals surface area contributed by atoms with Crippen molar-refractivity contribution in [2.24, 2.45) is 0 Å². The second-order valence-electron chi connectivity index (χ2n) is 10.3. The Balaban J connectivity index is 1.16. The van der Waals surface area contributed by atoms with Crippen molar-refractivity contribution in [2.45, 2.75) is 64.1 Å². The highest BCUT2D eigenvalue weighted by Crippen LogP contribution is 2.29. The van der Waals surface area contributed by atoms with Crippen LogP contribution in [0.15, 0.2) is 71.6 Å². The number of unbranched alkanes of at least 4 members (excludes halogenated alkanes) is 1. The monoisotopic (exact) mass is 616 g/mol. The molecule has 0 aliphatic rings. The molecule has 8 nitrogen and oxygen atoms in total. The number of benzene rings is 2. The number of ether oxygens (including phenoxy) is 1. The molecule has 0 spiro atoms. The fraction of sp³-hybridized carbons (Fsp3) is 0.355. The molecule has 0 bridgehead atoms. The molecule has 0 amide bonds. The largest absolute Gasteiger partial charge is 0.487 e. The average molecular weight is 617 g/mol. The Labute approximate surface area is 249 Å². The van der Waals surface area contributed by atoms with Crippen LogP contribution in [0, 0.1) is 0 Å². The SMILES string of the molecule is CC(C)S(=O)(=O)NCCc1nccn1CCCCc1ccc(OCc2coc(C=Cc3ccc(C(F)(F)F)cc3)n2)cc1. The minimum Gasteiger partial charge on any atom is -0.487 e. The predicted molar refractivity (Wildman–Crippen MR) is 159 cm³/mol. The van der Waals surface area contributed by atoms with E-state index in [0.717, 1.165) is 43.8 Å². The Morgan fingerprint density at radius 3 is 2.47 bits per heavy atom. The van der Waals surface area contributed by atoms with Crippen LogP contribution in [-0.2, 0) is 42.2 Å². The van der Waals surface area contributed by atoms with Gasteiger partial charge in [-0.3, -0.25) is 0 Å². The number of imidazole rings is 1. The van der Waals surface area contributed by atoms with Crippen LogP contribution in [0.4, 0.5) is 13.2 Å². The summed E-state index contributed by atoms with van der Waals surface area (Å²) in [6, 6.07) is 12.7. The number of aryl methyl sites for hydroxylation is 2. The summed E-state index contributed by atoms with van der Waals surface area (Å²) < 4.78 is 77.9. The first-order valence-electron chi connectivity index (χ1n) is 14.0. The molecule has 2 heterocycles. The van der Waals surface area contributed by atoms with Crippen molar-refractivity contribution in [2.75, 3.05) is 6.54 Å². The zero-order chi connectivity index (χ0) is 30.9. The molecule has 4 rings (SSSR count). The van der Waals surface area contributed by atoms with Gasteiger partial charge in [0.05, 0.1) is 10.8 Å². The van der Waals surface area contributed by atoms with Gasteiger partial charge < -0.3 is 13.7 Å². The van der Waals surface area contributed by atoms with Crippen LogP contribution >= 0.6 is 0 Å². The summed E-state index contributed by atoms with van der Waals surface area (Å²) >= 11 is 0. The lowest BCUT2D eigenvalue weighted by atomic mass is 10.1. The third-order valence-electron chi connectivity index (χ3n) is 6.72. The second kappa shape index (κ2) is 14.5. The number of aromatic nitrogens is 3. The molecule has 0 saturated heterocycles. The number of nitrogens with zero attached hydrogens (tertiary/aromatic N) is 3. The lowest BCUT2D eigenvalue weighted by Crippen LogP contribution is -2.32. The van der Waals surface area contributed by atoms with Gasteiger partial charge in [-0.2, -0.15) is 13.2 Å². The Kier molecular flexibility index (Phi) is 10.8. The second-order valence-corrected chi connectivity index (χ2v) is 12.6. The van der Waals surface area contributed by atoms with E-state index in [1.165, 1.54) is 24.0 Å². The van der Waals surface area contributed by atoms with E-state index in [2.05, 4.69) is 19.3 Å². The molecule has 0 aliphatic carbocycles. The number of halogens is 3. The van der Waals surface area contributed by atoms with Gasteiger partial charge in [-0.05, 0) is 74.6 Å². The van der Waals surface area contributed by atoms with Gasteiger partial charge in [0.25, 0.3) is 0 Å². The summed E-state index contributed by atoms with van der Waals surface area (Å²) in [5.41, 5.74) is 1.68. The van der Waals surface area contributed by atoms with Crippen molar-refractivity contribution in [3.8, 4) is 5.75 Å². The maximum absolute atomic E-state index is 12.7. The fourth-order valence-corrected chi connectivity index (χ4v) is 4.90. The fourth-order valence-electron chi connectivity index (χ4n) is 4.18. The van der Waals surface area contributed by atoms with Gasteiger partial charge in [-0.15, -0.1) is 0 Å². The molecule has 0 saturated carbocycles. The van der Waals surface area contributed by atoms with Crippen molar-refractivity contribution in [3.05, 3.63) is 101 Å². The standard InChI is InChI=1S/C31H35F3N4O4S/c1-23(2)43(39,40)36-17-16-29-35-18-20-38(29)19-4-3-5-24-8-13-28(14-9-24)41-21-27-22-42-30(37-27)15-10-25-6-11-26(12-7-25)31(32,33)34/h6-15,18,20,22-23,36H,3-5,16-17,19,21H2,1-2H3. The quantitative estimate of drug-likeness (QED) is 0.153. The van der Waals surface area contributed by atoms with E-state index in [-0.39, 0.29) is 6.61 Å². The van der Waals surface area contributed by atoms with Crippen LogP contribution in [0.2, 0.25) is 0 Å². The summed E-state index contributed by atoms with van der Waals surface area (Å²) in [6.45, 7) is 4.65. The molecular formula is C31H35F3N4O4S. The molecule has 0 unspecified atom stereocenters. The molecule has 43 heavy (non-hydrogen) atoms. The Morgan fingerprint density at radius 1 is 1.02 bits per heavy atom. The topological polar surface area (TPSA) is 99.2 Å². The summed E-state index contributed by atoms with van der Waals surface area (Å²) in [5, 5.41) is -0.462. The molecule has 0 radical (unpaired) electrons. The van der Waals surface area contributed by atoms with Crippen molar-refractivity contribution >= 4 is 22.2 Å². The van der Waals surface area contributed by atoms with E-state index in [1.807, 2.05) is 30.5 Å². The molecule has 2 aromatic heterocycles. The van der Waals surface area contributed by atoms with Gasteiger partial charge in [0.2, 0.25) is 15.9 Å². The number of hydrogen-bond acceptors (Lipinski definition) is 6. The third-order valence-corrected chi connectivity index (χ3v) is 8.57. The summed E-state index contributed by atoms with van der Waals surface area (Å²) in [4.78, 5) is 8.70. The summed E-state index contributed by atoms with van der Waals surface area (Å²) in [5.74, 6) is 1.89. The molecule has 1 N–H and O–H groups in total. The number of sulfonamides is 1. The molecule has 12 heteroatoms. The van der Waals surface area contributed by atoms with Crippen LogP contribution in [-0.4, -0.2) is 34.7 Å². The minimum absolute atomic E-state index is 0.211.